The van der Waals surface area contributed by atoms with Crippen molar-refractivity contribution in [3.63, 3.8) is 0 Å². The van der Waals surface area contributed by atoms with Crippen molar-refractivity contribution < 1.29 is 13.2 Å². The maximum atomic E-state index is 13.8. The number of benzene rings is 1. The number of rotatable bonds is 3. The number of halogens is 3. The maximum Gasteiger partial charge on any atom is 0.254 e. The van der Waals surface area contributed by atoms with E-state index in [1.54, 1.807) is 4.90 Å². The molecule has 1 aromatic carbocycles. The molecule has 2 heterocycles. The van der Waals surface area contributed by atoms with Gasteiger partial charge < -0.3 is 4.98 Å². The van der Waals surface area contributed by atoms with E-state index >= 15 is 0 Å². The summed E-state index contributed by atoms with van der Waals surface area (Å²) in [6.07, 6.45) is 2.50. The first-order valence-electron chi connectivity index (χ1n) is 7.99. The quantitative estimate of drug-likeness (QED) is 0.877. The van der Waals surface area contributed by atoms with Gasteiger partial charge in [0, 0.05) is 36.7 Å². The molecule has 1 aliphatic heterocycles. The van der Waals surface area contributed by atoms with E-state index in [9.17, 15) is 18.0 Å². The molecule has 1 aromatic heterocycles. The van der Waals surface area contributed by atoms with Crippen molar-refractivity contribution in [3.05, 3.63) is 62.6 Å². The summed E-state index contributed by atoms with van der Waals surface area (Å²) >= 11 is 0. The van der Waals surface area contributed by atoms with Crippen LogP contribution in [0.15, 0.2) is 16.9 Å². The van der Waals surface area contributed by atoms with E-state index in [-0.39, 0.29) is 17.7 Å². The van der Waals surface area contributed by atoms with Crippen LogP contribution in [-0.2, 0) is 19.5 Å². The van der Waals surface area contributed by atoms with Crippen molar-refractivity contribution in [3.8, 4) is 0 Å². The average Bonchev–Trinajstić information content (AvgIpc) is 3.40. The first-order valence-corrected chi connectivity index (χ1v) is 7.99. The fourth-order valence-electron chi connectivity index (χ4n) is 3.14. The molecule has 4 nitrogen and oxygen atoms in total. The molecule has 2 aliphatic rings. The van der Waals surface area contributed by atoms with E-state index in [1.807, 2.05) is 0 Å². The summed E-state index contributed by atoms with van der Waals surface area (Å²) in [7, 11) is 0. The number of hydrogen-bond acceptors (Lipinski definition) is 3. The van der Waals surface area contributed by atoms with Crippen molar-refractivity contribution in [2.24, 2.45) is 0 Å². The number of hydrogen-bond donors (Lipinski definition) is 1. The number of nitrogens with zero attached hydrogens (tertiary/aromatic N) is 2. The van der Waals surface area contributed by atoms with Crippen LogP contribution in [0.25, 0.3) is 0 Å². The Morgan fingerprint density at radius 2 is 1.96 bits per heavy atom. The van der Waals surface area contributed by atoms with Gasteiger partial charge in [0.25, 0.3) is 5.56 Å². The van der Waals surface area contributed by atoms with Gasteiger partial charge in [0.05, 0.1) is 5.69 Å². The van der Waals surface area contributed by atoms with E-state index in [4.69, 9.17) is 0 Å². The van der Waals surface area contributed by atoms with Crippen LogP contribution in [0, 0.1) is 17.5 Å². The van der Waals surface area contributed by atoms with Gasteiger partial charge in [-0.25, -0.2) is 18.2 Å². The Morgan fingerprint density at radius 3 is 2.71 bits per heavy atom. The van der Waals surface area contributed by atoms with Crippen LogP contribution in [0.1, 0.15) is 41.4 Å². The Balaban J connectivity index is 1.61. The highest BCUT2D eigenvalue weighted by molar-refractivity contribution is 5.25. The predicted octanol–water partition coefficient (Wildman–Crippen LogP) is 2.62. The Bertz CT molecular complexity index is 861. The third-order valence-electron chi connectivity index (χ3n) is 4.66. The molecule has 0 unspecified atom stereocenters. The zero-order valence-electron chi connectivity index (χ0n) is 12.9. The third kappa shape index (κ3) is 2.73. The van der Waals surface area contributed by atoms with Crippen LogP contribution in [0.5, 0.6) is 0 Å². The minimum absolute atomic E-state index is 0.0535. The SMILES string of the molecule is O=c1[nH]c(C2CC2)nc2c1CCN(Cc1c(F)ccc(F)c1F)C2. The Morgan fingerprint density at radius 1 is 1.21 bits per heavy atom. The lowest BCUT2D eigenvalue weighted by atomic mass is 10.0. The minimum atomic E-state index is -1.15. The van der Waals surface area contributed by atoms with Crippen LogP contribution in [-0.4, -0.2) is 21.4 Å². The summed E-state index contributed by atoms with van der Waals surface area (Å²) in [5.41, 5.74) is 0.885. The first-order chi connectivity index (χ1) is 11.5. The monoisotopic (exact) mass is 335 g/mol. The highest BCUT2D eigenvalue weighted by atomic mass is 19.2. The number of nitrogens with one attached hydrogen (secondary N) is 1. The Labute approximate surface area is 136 Å². The van der Waals surface area contributed by atoms with E-state index in [1.165, 1.54) is 0 Å². The van der Waals surface area contributed by atoms with Gasteiger partial charge in [0.15, 0.2) is 11.6 Å². The Hall–Kier alpha value is -2.15. The zero-order valence-corrected chi connectivity index (χ0v) is 12.9. The molecule has 126 valence electrons. The van der Waals surface area contributed by atoms with E-state index in [0.29, 0.717) is 42.5 Å². The van der Waals surface area contributed by atoms with Crippen molar-refractivity contribution in [1.29, 1.82) is 0 Å². The number of H-pyrrole nitrogens is 1. The van der Waals surface area contributed by atoms with Crippen LogP contribution in [0.2, 0.25) is 0 Å². The van der Waals surface area contributed by atoms with Gasteiger partial charge >= 0.3 is 0 Å². The molecule has 0 atom stereocenters. The van der Waals surface area contributed by atoms with Crippen molar-refractivity contribution in [1.82, 2.24) is 14.9 Å². The van der Waals surface area contributed by atoms with E-state index in [2.05, 4.69) is 9.97 Å². The molecule has 1 fully saturated rings. The number of fused-ring (bicyclic) bond motifs is 1. The molecule has 1 N–H and O–H groups in total. The van der Waals surface area contributed by atoms with Crippen LogP contribution in [0.4, 0.5) is 13.2 Å². The van der Waals surface area contributed by atoms with Crippen LogP contribution < -0.4 is 5.56 Å². The normalized spacial score (nSPS) is 17.8. The molecule has 0 bridgehead atoms. The molecule has 0 radical (unpaired) electrons. The van der Waals surface area contributed by atoms with Gasteiger partial charge in [-0.05, 0) is 31.4 Å². The molecule has 4 rings (SSSR count). The molecule has 0 amide bonds. The molecular weight excluding hydrogens is 319 g/mol. The minimum Gasteiger partial charge on any atom is -0.310 e. The lowest BCUT2D eigenvalue weighted by molar-refractivity contribution is 0.232. The van der Waals surface area contributed by atoms with Gasteiger partial charge in [-0.1, -0.05) is 0 Å². The molecule has 2 aromatic rings. The van der Waals surface area contributed by atoms with Crippen molar-refractivity contribution >= 4 is 0 Å². The Kier molecular flexibility index (Phi) is 3.68. The van der Waals surface area contributed by atoms with Gasteiger partial charge in [-0.3, -0.25) is 9.69 Å². The smallest absolute Gasteiger partial charge is 0.254 e. The van der Waals surface area contributed by atoms with Crippen molar-refractivity contribution in [2.45, 2.75) is 38.3 Å². The fourth-order valence-corrected chi connectivity index (χ4v) is 3.14. The predicted molar refractivity (Wildman–Crippen MR) is 81.0 cm³/mol. The summed E-state index contributed by atoms with van der Waals surface area (Å²) in [5.74, 6) is -1.97. The lowest BCUT2D eigenvalue weighted by Crippen LogP contribution is -2.35. The standard InChI is InChI=1S/C17H16F3N3O/c18-12-3-4-13(19)15(20)11(12)7-23-6-5-10-14(8-23)21-16(9-1-2-9)22-17(10)24/h3-4,9H,1-2,5-8H2,(H,21,22,24). The second kappa shape index (κ2) is 5.73. The fraction of sp³-hybridized carbons (Fsp3) is 0.412. The highest BCUT2D eigenvalue weighted by Gasteiger charge is 2.29. The summed E-state index contributed by atoms with van der Waals surface area (Å²) in [6, 6.07) is 1.71. The topological polar surface area (TPSA) is 49.0 Å². The lowest BCUT2D eigenvalue weighted by Gasteiger charge is -2.28. The molecule has 1 saturated carbocycles. The molecule has 7 heteroatoms. The summed E-state index contributed by atoms with van der Waals surface area (Å²) in [6.45, 7) is 0.742. The molecular formula is C17H16F3N3O. The summed E-state index contributed by atoms with van der Waals surface area (Å²) < 4.78 is 41.0. The van der Waals surface area contributed by atoms with Gasteiger partial charge in [0.1, 0.15) is 11.6 Å². The average molecular weight is 335 g/mol. The maximum absolute atomic E-state index is 13.8. The van der Waals surface area contributed by atoms with Gasteiger partial charge in [0.2, 0.25) is 0 Å². The zero-order chi connectivity index (χ0) is 16.8. The first kappa shape index (κ1) is 15.4. The number of aromatic nitrogens is 2. The van der Waals surface area contributed by atoms with Crippen molar-refractivity contribution in [2.75, 3.05) is 6.54 Å². The van der Waals surface area contributed by atoms with E-state index in [0.717, 1.165) is 25.0 Å². The van der Waals surface area contributed by atoms with Gasteiger partial charge in [-0.15, -0.1) is 0 Å². The molecule has 0 spiro atoms. The van der Waals surface area contributed by atoms with Gasteiger partial charge in [-0.2, -0.15) is 0 Å². The highest BCUT2D eigenvalue weighted by Crippen LogP contribution is 2.37. The summed E-state index contributed by atoms with van der Waals surface area (Å²) in [5, 5.41) is 0. The van der Waals surface area contributed by atoms with Crippen LogP contribution >= 0.6 is 0 Å². The molecule has 24 heavy (non-hydrogen) atoms. The summed E-state index contributed by atoms with van der Waals surface area (Å²) in [4.78, 5) is 21.3. The molecule has 1 aliphatic carbocycles. The molecule has 0 saturated heterocycles. The largest absolute Gasteiger partial charge is 0.310 e. The third-order valence-corrected chi connectivity index (χ3v) is 4.66. The second-order valence-electron chi connectivity index (χ2n) is 6.43. The van der Waals surface area contributed by atoms with Crippen LogP contribution in [0.3, 0.4) is 0 Å². The number of aromatic amines is 1. The second-order valence-corrected chi connectivity index (χ2v) is 6.43. The van der Waals surface area contributed by atoms with E-state index < -0.39 is 17.5 Å².